The first-order chi connectivity index (χ1) is 20.0. The molecule has 3 N–H and O–H groups in total. The largest absolute Gasteiger partial charge is 0.497 e. The molecule has 41 heavy (non-hydrogen) atoms. The number of carbonyl (C=O) groups excluding carboxylic acids is 1. The number of rotatable bonds is 11. The van der Waals surface area contributed by atoms with Crippen LogP contribution in [0.4, 0.5) is 27.4 Å². The number of ether oxygens (including phenoxy) is 3. The first-order valence-electron chi connectivity index (χ1n) is 12.5. The molecule has 4 aromatic carbocycles. The predicted molar refractivity (Wildman–Crippen MR) is 159 cm³/mol. The number of anilines is 4. The Morgan fingerprint density at radius 3 is 2.15 bits per heavy atom. The predicted octanol–water partition coefficient (Wildman–Crippen LogP) is 6.67. The van der Waals surface area contributed by atoms with E-state index < -0.39 is 0 Å². The summed E-state index contributed by atoms with van der Waals surface area (Å²) in [5, 5.41) is 6.13. The summed E-state index contributed by atoms with van der Waals surface area (Å²) in [6.45, 7) is -0.210. The maximum Gasteiger partial charge on any atom is 0.262 e. The third-order valence-corrected chi connectivity index (χ3v) is 6.54. The quantitative estimate of drug-likeness (QED) is 0.150. The zero-order chi connectivity index (χ0) is 28.6. The molecule has 0 saturated heterocycles. The van der Waals surface area contributed by atoms with Gasteiger partial charge < -0.3 is 29.6 Å². The molecule has 1 heterocycles. The molecule has 11 heteroatoms. The number of amides is 1. The lowest BCUT2D eigenvalue weighted by Crippen LogP contribution is -2.20. The van der Waals surface area contributed by atoms with Crippen LogP contribution in [0.15, 0.2) is 95.9 Å². The van der Waals surface area contributed by atoms with Crippen molar-refractivity contribution in [1.82, 2.24) is 9.97 Å². The van der Waals surface area contributed by atoms with E-state index in [2.05, 4.69) is 15.4 Å². The standard InChI is InChI=1S/C30H26FN5O4S/c1-38-23-14-21(15-24(17-23)39-2)33-29-30(35-27-9-4-3-8-26(27)34-29)36-41-25-7-5-6-20(16-25)32-28(37)18-40-22-12-10-19(31)11-13-22/h3-17H,18H2,1-2H3,(H,32,37)(H,33,34)(H,35,36). The molecular weight excluding hydrogens is 545 g/mol. The van der Waals surface area contributed by atoms with E-state index in [-0.39, 0.29) is 18.3 Å². The zero-order valence-corrected chi connectivity index (χ0v) is 23.0. The summed E-state index contributed by atoms with van der Waals surface area (Å²) in [6, 6.07) is 25.9. The van der Waals surface area contributed by atoms with Gasteiger partial charge in [0.2, 0.25) is 0 Å². The Balaban J connectivity index is 1.30. The number of aromatic nitrogens is 2. The third-order valence-electron chi connectivity index (χ3n) is 5.75. The number of methoxy groups -OCH3 is 2. The molecule has 0 spiro atoms. The van der Waals surface area contributed by atoms with E-state index >= 15 is 0 Å². The summed E-state index contributed by atoms with van der Waals surface area (Å²) in [6.07, 6.45) is 0. The number of halogens is 1. The molecule has 0 radical (unpaired) electrons. The third kappa shape index (κ3) is 7.34. The van der Waals surface area contributed by atoms with Gasteiger partial charge in [0, 0.05) is 34.5 Å². The van der Waals surface area contributed by atoms with Gasteiger partial charge in [-0.1, -0.05) is 18.2 Å². The lowest BCUT2D eigenvalue weighted by Gasteiger charge is -2.15. The normalized spacial score (nSPS) is 10.6. The van der Waals surface area contributed by atoms with Gasteiger partial charge in [0.05, 0.1) is 25.3 Å². The second-order valence-corrected chi connectivity index (χ2v) is 9.54. The molecule has 0 aliphatic rings. The van der Waals surface area contributed by atoms with Crippen molar-refractivity contribution < 1.29 is 23.4 Å². The Labute approximate surface area is 240 Å². The zero-order valence-electron chi connectivity index (χ0n) is 22.2. The molecule has 9 nitrogen and oxygen atoms in total. The first-order valence-corrected chi connectivity index (χ1v) is 13.3. The average Bonchev–Trinajstić information content (AvgIpc) is 2.99. The summed E-state index contributed by atoms with van der Waals surface area (Å²) in [5.41, 5.74) is 2.77. The molecule has 1 amide bonds. The van der Waals surface area contributed by atoms with Crippen molar-refractivity contribution in [2.45, 2.75) is 4.90 Å². The van der Waals surface area contributed by atoms with Crippen molar-refractivity contribution in [3.05, 3.63) is 96.8 Å². The minimum absolute atomic E-state index is 0.210. The van der Waals surface area contributed by atoms with Crippen LogP contribution in [0.25, 0.3) is 11.0 Å². The molecule has 0 fully saturated rings. The lowest BCUT2D eigenvalue weighted by molar-refractivity contribution is -0.118. The summed E-state index contributed by atoms with van der Waals surface area (Å²) < 4.78 is 32.6. The summed E-state index contributed by atoms with van der Waals surface area (Å²) in [4.78, 5) is 22.8. The van der Waals surface area contributed by atoms with E-state index in [1.807, 2.05) is 54.6 Å². The molecule has 0 unspecified atom stereocenters. The Kier molecular flexibility index (Phi) is 8.65. The van der Waals surface area contributed by atoms with E-state index in [9.17, 15) is 9.18 Å². The molecule has 0 aliphatic heterocycles. The molecule has 1 aromatic heterocycles. The minimum atomic E-state index is -0.372. The number of para-hydroxylation sites is 2. The highest BCUT2D eigenvalue weighted by Crippen LogP contribution is 2.32. The molecule has 0 aliphatic carbocycles. The van der Waals surface area contributed by atoms with Crippen LogP contribution >= 0.6 is 11.9 Å². The van der Waals surface area contributed by atoms with E-state index in [4.69, 9.17) is 24.2 Å². The van der Waals surface area contributed by atoms with Gasteiger partial charge in [-0.25, -0.2) is 14.4 Å². The van der Waals surface area contributed by atoms with Crippen LogP contribution in [-0.4, -0.2) is 36.7 Å². The van der Waals surface area contributed by atoms with E-state index in [1.54, 1.807) is 26.4 Å². The van der Waals surface area contributed by atoms with Gasteiger partial charge in [0.15, 0.2) is 18.2 Å². The topological polar surface area (TPSA) is 107 Å². The smallest absolute Gasteiger partial charge is 0.262 e. The summed E-state index contributed by atoms with van der Waals surface area (Å²) >= 11 is 1.31. The van der Waals surface area contributed by atoms with Crippen molar-refractivity contribution in [3.8, 4) is 17.2 Å². The number of fused-ring (bicyclic) bond motifs is 1. The van der Waals surface area contributed by atoms with Crippen molar-refractivity contribution in [1.29, 1.82) is 0 Å². The molecule has 5 aromatic rings. The fourth-order valence-corrected chi connectivity index (χ4v) is 4.49. The van der Waals surface area contributed by atoms with Crippen LogP contribution in [0.2, 0.25) is 0 Å². The average molecular weight is 572 g/mol. The maximum atomic E-state index is 13.1. The van der Waals surface area contributed by atoms with Crippen LogP contribution < -0.4 is 29.6 Å². The Hall–Kier alpha value is -5.03. The second-order valence-electron chi connectivity index (χ2n) is 8.66. The van der Waals surface area contributed by atoms with E-state index in [1.165, 1.54) is 36.2 Å². The number of nitrogens with one attached hydrogen (secondary N) is 3. The highest BCUT2D eigenvalue weighted by atomic mass is 32.2. The molecule has 0 atom stereocenters. The van der Waals surface area contributed by atoms with Gasteiger partial charge in [0.25, 0.3) is 5.91 Å². The van der Waals surface area contributed by atoms with Crippen molar-refractivity contribution >= 4 is 51.9 Å². The first kappa shape index (κ1) is 27.5. The molecule has 208 valence electrons. The molecule has 0 bridgehead atoms. The van der Waals surface area contributed by atoms with Gasteiger partial charge in [-0.15, -0.1) is 0 Å². The van der Waals surface area contributed by atoms with Crippen molar-refractivity contribution in [2.75, 3.05) is 36.2 Å². The highest BCUT2D eigenvalue weighted by molar-refractivity contribution is 8.00. The van der Waals surface area contributed by atoms with E-state index in [0.29, 0.717) is 40.3 Å². The Morgan fingerprint density at radius 2 is 1.46 bits per heavy atom. The Bertz CT molecular complexity index is 1650. The van der Waals surface area contributed by atoms with Gasteiger partial charge in [-0.05, 0) is 66.5 Å². The molecule has 5 rings (SSSR count). The van der Waals surface area contributed by atoms with E-state index in [0.717, 1.165) is 15.9 Å². The second kappa shape index (κ2) is 12.9. The van der Waals surface area contributed by atoms with Crippen molar-refractivity contribution in [3.63, 3.8) is 0 Å². The summed E-state index contributed by atoms with van der Waals surface area (Å²) in [5.74, 6) is 1.97. The van der Waals surface area contributed by atoms with Crippen LogP contribution in [0.3, 0.4) is 0 Å². The number of benzene rings is 4. The lowest BCUT2D eigenvalue weighted by atomic mass is 10.2. The summed E-state index contributed by atoms with van der Waals surface area (Å²) in [7, 11) is 3.18. The number of hydrogen-bond acceptors (Lipinski definition) is 9. The Morgan fingerprint density at radius 1 is 0.780 bits per heavy atom. The van der Waals surface area contributed by atoms with Gasteiger partial charge in [0.1, 0.15) is 23.1 Å². The van der Waals surface area contributed by atoms with Gasteiger partial charge in [-0.3, -0.25) is 4.79 Å². The highest BCUT2D eigenvalue weighted by Gasteiger charge is 2.12. The van der Waals surface area contributed by atoms with Gasteiger partial charge >= 0.3 is 0 Å². The molecule has 0 saturated carbocycles. The monoisotopic (exact) mass is 571 g/mol. The maximum absolute atomic E-state index is 13.1. The minimum Gasteiger partial charge on any atom is -0.497 e. The van der Waals surface area contributed by atoms with Crippen LogP contribution in [-0.2, 0) is 4.79 Å². The fourth-order valence-electron chi connectivity index (χ4n) is 3.80. The fraction of sp³-hybridized carbons (Fsp3) is 0.100. The molecular formula is C30H26FN5O4S. The number of hydrogen-bond donors (Lipinski definition) is 3. The SMILES string of the molecule is COc1cc(Nc2nc3ccccc3nc2NSc2cccc(NC(=O)COc3ccc(F)cc3)c2)cc(OC)c1. The van der Waals surface area contributed by atoms with Gasteiger partial charge in [-0.2, -0.15) is 0 Å². The van der Waals surface area contributed by atoms with Crippen LogP contribution in [0.1, 0.15) is 0 Å². The van der Waals surface area contributed by atoms with Crippen LogP contribution in [0.5, 0.6) is 17.2 Å². The number of carbonyl (C=O) groups is 1. The van der Waals surface area contributed by atoms with Crippen molar-refractivity contribution in [2.24, 2.45) is 0 Å². The number of nitrogens with zero attached hydrogens (tertiary/aromatic N) is 2. The van der Waals surface area contributed by atoms with Crippen LogP contribution in [0, 0.1) is 5.82 Å².